The Hall–Kier alpha value is -1.75. The van der Waals surface area contributed by atoms with E-state index in [9.17, 15) is 0 Å². The molecule has 0 bridgehead atoms. The second kappa shape index (κ2) is 3.32. The Kier molecular flexibility index (Phi) is 2.01. The van der Waals surface area contributed by atoms with Gasteiger partial charge in [0.2, 0.25) is 6.54 Å². The van der Waals surface area contributed by atoms with Crippen molar-refractivity contribution in [3.63, 3.8) is 0 Å². The van der Waals surface area contributed by atoms with Crippen LogP contribution < -0.4 is 0 Å². The lowest BCUT2D eigenvalue weighted by Gasteiger charge is -1.94. The fourth-order valence-corrected chi connectivity index (χ4v) is 1.36. The first-order valence-electron chi connectivity index (χ1n) is 4.19. The number of benzene rings is 1. The maximum atomic E-state index is 6.69. The van der Waals surface area contributed by atoms with Crippen LogP contribution in [0.5, 0.6) is 0 Å². The Balaban J connectivity index is 2.33. The van der Waals surface area contributed by atoms with E-state index in [2.05, 4.69) is 10.9 Å². The molecule has 0 fully saturated rings. The van der Waals surface area contributed by atoms with E-state index in [0.717, 1.165) is 17.4 Å². The van der Waals surface area contributed by atoms with Gasteiger partial charge in [-0.1, -0.05) is 6.07 Å². The van der Waals surface area contributed by atoms with Crippen LogP contribution in [-0.4, -0.2) is 6.54 Å². The summed E-state index contributed by atoms with van der Waals surface area (Å²) in [5, 5.41) is 1.11. The lowest BCUT2D eigenvalue weighted by molar-refractivity contribution is 0.616. The number of fused-ring (bicyclic) bond motifs is 1. The zero-order valence-electron chi connectivity index (χ0n) is 7.16. The predicted molar refractivity (Wildman–Crippen MR) is 51.4 cm³/mol. The maximum absolute atomic E-state index is 6.69. The van der Waals surface area contributed by atoms with Gasteiger partial charge in [0.05, 0.1) is 6.26 Å². The highest BCUT2D eigenvalue weighted by atomic mass is 16.3. The molecule has 0 unspecified atom stereocenters. The van der Waals surface area contributed by atoms with Gasteiger partial charge in [0.1, 0.15) is 5.58 Å². The van der Waals surface area contributed by atoms with Gasteiger partial charge in [-0.15, -0.1) is 0 Å². The minimum atomic E-state index is 0.559. The third-order valence-corrected chi connectivity index (χ3v) is 2.03. The summed E-state index contributed by atoms with van der Waals surface area (Å²) < 4.78 is 5.22. The summed E-state index contributed by atoms with van der Waals surface area (Å²) >= 11 is 0. The largest absolute Gasteiger partial charge is 0.464 e. The quantitative estimate of drug-likeness (QED) is 0.635. The van der Waals surface area contributed by atoms with Gasteiger partial charge in [0.15, 0.2) is 0 Å². The molecule has 0 radical (unpaired) electrons. The average Bonchev–Trinajstić information content (AvgIpc) is 2.61. The normalized spacial score (nSPS) is 10.1. The summed E-state index contributed by atoms with van der Waals surface area (Å²) in [5.74, 6) is 0. The highest BCUT2D eigenvalue weighted by molar-refractivity contribution is 5.77. The molecule has 1 aromatic carbocycles. The van der Waals surface area contributed by atoms with Crippen LogP contribution in [0.3, 0.4) is 0 Å². The summed E-state index contributed by atoms with van der Waals surface area (Å²) in [6, 6.07) is 7.98. The van der Waals surface area contributed by atoms with E-state index in [1.807, 2.05) is 18.2 Å². The monoisotopic (exact) mass is 171 g/mol. The zero-order chi connectivity index (χ0) is 9.10. The number of furan rings is 1. The van der Waals surface area contributed by atoms with E-state index < -0.39 is 0 Å². The molecule has 1 aromatic heterocycles. The van der Waals surface area contributed by atoms with Crippen molar-refractivity contribution in [3.8, 4) is 0 Å². The number of hydrogen-bond acceptors (Lipinski definition) is 1. The summed E-state index contributed by atoms with van der Waals surface area (Å²) in [6.45, 7) is 7.25. The Morgan fingerprint density at radius 1 is 1.31 bits per heavy atom. The van der Waals surface area contributed by atoms with Crippen LogP contribution in [0, 0.1) is 6.57 Å². The molecule has 0 aliphatic carbocycles. The molecular formula is C11H9NO. The summed E-state index contributed by atoms with van der Waals surface area (Å²) in [5.41, 5.74) is 2.11. The van der Waals surface area contributed by atoms with Gasteiger partial charge in [-0.3, -0.25) is 0 Å². The molecular weight excluding hydrogens is 162 g/mol. The molecule has 2 heteroatoms. The predicted octanol–water partition coefficient (Wildman–Crippen LogP) is 2.89. The molecule has 0 aliphatic rings. The first-order valence-corrected chi connectivity index (χ1v) is 4.19. The van der Waals surface area contributed by atoms with E-state index in [1.54, 1.807) is 6.26 Å². The van der Waals surface area contributed by atoms with Crippen LogP contribution in [-0.2, 0) is 6.42 Å². The van der Waals surface area contributed by atoms with Crippen molar-refractivity contribution in [2.24, 2.45) is 0 Å². The highest BCUT2D eigenvalue weighted by Crippen LogP contribution is 2.17. The van der Waals surface area contributed by atoms with Gasteiger partial charge >= 0.3 is 0 Å². The standard InChI is InChI=1S/C11H9NO/c1-12-6-4-9-2-3-11-10(8-9)5-7-13-11/h2-3,5,7-8H,4,6H2. The molecule has 2 aromatic rings. The van der Waals surface area contributed by atoms with E-state index in [0.29, 0.717) is 6.54 Å². The molecule has 0 N–H and O–H groups in total. The van der Waals surface area contributed by atoms with Gasteiger partial charge < -0.3 is 9.26 Å². The topological polar surface area (TPSA) is 17.5 Å². The minimum absolute atomic E-state index is 0.559. The van der Waals surface area contributed by atoms with Gasteiger partial charge in [0, 0.05) is 11.8 Å². The molecule has 13 heavy (non-hydrogen) atoms. The summed E-state index contributed by atoms with van der Waals surface area (Å²) in [6.07, 6.45) is 2.51. The first-order chi connectivity index (χ1) is 6.40. The van der Waals surface area contributed by atoms with Crippen molar-refractivity contribution in [1.82, 2.24) is 0 Å². The van der Waals surface area contributed by atoms with E-state index >= 15 is 0 Å². The molecule has 64 valence electrons. The molecule has 0 amide bonds. The van der Waals surface area contributed by atoms with E-state index in [1.165, 1.54) is 5.56 Å². The smallest absolute Gasteiger partial charge is 0.218 e. The summed E-state index contributed by atoms with van der Waals surface area (Å²) in [7, 11) is 0. The van der Waals surface area contributed by atoms with E-state index in [4.69, 9.17) is 11.0 Å². The SMILES string of the molecule is [C-]#[N+]CCc1ccc2occc2c1. The molecule has 2 nitrogen and oxygen atoms in total. The molecule has 0 atom stereocenters. The van der Waals surface area contributed by atoms with Crippen molar-refractivity contribution in [1.29, 1.82) is 0 Å². The Morgan fingerprint density at radius 3 is 3.08 bits per heavy atom. The van der Waals surface area contributed by atoms with Gasteiger partial charge in [-0.05, 0) is 23.8 Å². The van der Waals surface area contributed by atoms with Crippen LogP contribution in [0.25, 0.3) is 15.8 Å². The van der Waals surface area contributed by atoms with Gasteiger partial charge in [0.25, 0.3) is 0 Å². The third-order valence-electron chi connectivity index (χ3n) is 2.03. The van der Waals surface area contributed by atoms with Crippen molar-refractivity contribution in [2.75, 3.05) is 6.54 Å². The van der Waals surface area contributed by atoms with Crippen molar-refractivity contribution in [3.05, 3.63) is 47.5 Å². The molecule has 0 aliphatic heterocycles. The van der Waals surface area contributed by atoms with Crippen LogP contribution in [0.15, 0.2) is 34.9 Å². The lowest BCUT2D eigenvalue weighted by Crippen LogP contribution is -1.86. The summed E-state index contributed by atoms with van der Waals surface area (Å²) in [4.78, 5) is 3.33. The number of nitrogens with zero attached hydrogens (tertiary/aromatic N) is 1. The minimum Gasteiger partial charge on any atom is -0.464 e. The van der Waals surface area contributed by atoms with Gasteiger partial charge in [-0.2, -0.15) is 0 Å². The van der Waals surface area contributed by atoms with Crippen molar-refractivity contribution >= 4 is 11.0 Å². The van der Waals surface area contributed by atoms with Crippen LogP contribution >= 0.6 is 0 Å². The van der Waals surface area contributed by atoms with Crippen molar-refractivity contribution < 1.29 is 4.42 Å². The fraction of sp³-hybridized carbons (Fsp3) is 0.182. The second-order valence-electron chi connectivity index (χ2n) is 2.92. The van der Waals surface area contributed by atoms with Gasteiger partial charge in [-0.25, -0.2) is 6.57 Å². The Bertz CT molecular complexity index is 450. The third kappa shape index (κ3) is 1.54. The fourth-order valence-electron chi connectivity index (χ4n) is 1.36. The first kappa shape index (κ1) is 7.88. The Morgan fingerprint density at radius 2 is 2.23 bits per heavy atom. The number of rotatable bonds is 2. The molecule has 2 rings (SSSR count). The lowest BCUT2D eigenvalue weighted by atomic mass is 10.1. The highest BCUT2D eigenvalue weighted by Gasteiger charge is 1.99. The second-order valence-corrected chi connectivity index (χ2v) is 2.92. The average molecular weight is 171 g/mol. The van der Waals surface area contributed by atoms with Crippen LogP contribution in [0.2, 0.25) is 0 Å². The van der Waals surface area contributed by atoms with E-state index in [-0.39, 0.29) is 0 Å². The molecule has 0 saturated carbocycles. The molecule has 1 heterocycles. The zero-order valence-corrected chi connectivity index (χ0v) is 7.16. The van der Waals surface area contributed by atoms with Crippen LogP contribution in [0.1, 0.15) is 5.56 Å². The maximum Gasteiger partial charge on any atom is 0.218 e. The number of hydrogen-bond donors (Lipinski definition) is 0. The van der Waals surface area contributed by atoms with Crippen molar-refractivity contribution in [2.45, 2.75) is 6.42 Å². The molecule has 0 saturated heterocycles. The molecule has 0 spiro atoms. The Labute approximate surface area is 76.6 Å². The van der Waals surface area contributed by atoms with Crippen LogP contribution in [0.4, 0.5) is 0 Å².